The van der Waals surface area contributed by atoms with E-state index in [-0.39, 0.29) is 5.43 Å². The molecule has 5 aromatic carbocycles. The Morgan fingerprint density at radius 2 is 1.12 bits per heavy atom. The Morgan fingerprint density at radius 1 is 0.636 bits per heavy atom. The molecular weight excluding hydrogens is 492 g/mol. The molecule has 0 saturated heterocycles. The van der Waals surface area contributed by atoms with Crippen LogP contribution in [0.5, 0.6) is 0 Å². The summed E-state index contributed by atoms with van der Waals surface area (Å²) < 4.78 is 0. The van der Waals surface area contributed by atoms with Crippen LogP contribution >= 0.6 is 0 Å². The zero-order valence-electron chi connectivity index (χ0n) is 21.0. The van der Waals surface area contributed by atoms with Crippen LogP contribution in [0.4, 0.5) is 0 Å². The third-order valence-electron chi connectivity index (χ3n) is 6.19. The van der Waals surface area contributed by atoms with Crippen molar-refractivity contribution in [1.82, 2.24) is 0 Å². The van der Waals surface area contributed by atoms with Crippen molar-refractivity contribution in [3.05, 3.63) is 107 Å². The largest absolute Gasteiger partial charge is 0.196 e. The van der Waals surface area contributed by atoms with Crippen LogP contribution in [0.15, 0.2) is 78.9 Å². The molecule has 5 aromatic rings. The summed E-state index contributed by atoms with van der Waals surface area (Å²) in [5.41, 5.74) is 9.97. The summed E-state index contributed by atoms with van der Waals surface area (Å²) >= 11 is 1.74. The van der Waals surface area contributed by atoms with E-state index >= 15 is 0 Å². The van der Waals surface area contributed by atoms with Crippen LogP contribution < -0.4 is 0 Å². The SMILES string of the molecule is C[Si](C)=[Zr+2].Cc1[cH-]c(C)c(C)c1C.Cc1[cH-]c2cc3ccccc3cc2c1-c1ccccc1. The van der Waals surface area contributed by atoms with Gasteiger partial charge in [-0.05, 0) is 5.39 Å². The first-order valence-electron chi connectivity index (χ1n) is 11.5. The standard InChI is InChI=1S/C20H15.C9H13.C2H6Si.Zr/c1-14-11-18-12-16-9-5-6-10-17(16)13-19(18)20(14)15-7-3-2-4-8-15;1-6-5-7(2)9(4)8(6)3;1-3-2;/h2-13H,1H3;5H,1-4H3;1-2H3;/q2*-1;;+2. The van der Waals surface area contributed by atoms with Crippen LogP contribution in [0.3, 0.4) is 0 Å². The molecule has 0 spiro atoms. The van der Waals surface area contributed by atoms with E-state index in [2.05, 4.69) is 127 Å². The van der Waals surface area contributed by atoms with Gasteiger partial charge in [-0.25, -0.2) is 0 Å². The number of rotatable bonds is 1. The monoisotopic (exact) mass is 524 g/mol. The summed E-state index contributed by atoms with van der Waals surface area (Å²) in [6, 6.07) is 28.4. The summed E-state index contributed by atoms with van der Waals surface area (Å²) in [5, 5.41) is 5.31. The van der Waals surface area contributed by atoms with Gasteiger partial charge in [0.2, 0.25) is 0 Å². The molecule has 0 saturated carbocycles. The van der Waals surface area contributed by atoms with E-state index in [1.165, 1.54) is 60.5 Å². The van der Waals surface area contributed by atoms with E-state index in [0.717, 1.165) is 0 Å². The van der Waals surface area contributed by atoms with Gasteiger partial charge in [-0.1, -0.05) is 106 Å². The molecule has 0 aromatic heterocycles. The fraction of sp³-hybridized carbons (Fsp3) is 0.226. The van der Waals surface area contributed by atoms with Crippen molar-refractivity contribution in [2.45, 2.75) is 47.7 Å². The third-order valence-corrected chi connectivity index (χ3v) is 6.19. The Hall–Kier alpha value is -2.02. The van der Waals surface area contributed by atoms with Gasteiger partial charge in [0.15, 0.2) is 0 Å². The molecule has 0 amide bonds. The first kappa shape index (κ1) is 25.6. The van der Waals surface area contributed by atoms with E-state index in [0.29, 0.717) is 0 Å². The van der Waals surface area contributed by atoms with E-state index < -0.39 is 0 Å². The van der Waals surface area contributed by atoms with Crippen molar-refractivity contribution in [1.29, 1.82) is 0 Å². The van der Waals surface area contributed by atoms with Gasteiger partial charge in [0.05, 0.1) is 0 Å². The van der Waals surface area contributed by atoms with Gasteiger partial charge in [-0.2, -0.15) is 28.3 Å². The van der Waals surface area contributed by atoms with Crippen LogP contribution in [-0.4, -0.2) is 5.43 Å². The molecule has 5 rings (SSSR count). The van der Waals surface area contributed by atoms with Crippen molar-refractivity contribution < 1.29 is 23.3 Å². The molecule has 0 atom stereocenters. The normalized spacial score (nSPS) is 10.5. The van der Waals surface area contributed by atoms with Gasteiger partial charge >= 0.3 is 41.9 Å². The molecular formula is C31H34SiZr. The van der Waals surface area contributed by atoms with Crippen molar-refractivity contribution in [3.8, 4) is 11.1 Å². The molecule has 0 N–H and O–H groups in total. The molecule has 0 aliphatic carbocycles. The Morgan fingerprint density at radius 3 is 1.61 bits per heavy atom. The summed E-state index contributed by atoms with van der Waals surface area (Å²) in [5.74, 6) is 0. The molecule has 166 valence electrons. The van der Waals surface area contributed by atoms with Gasteiger partial charge in [-0.3, -0.25) is 0 Å². The average molecular weight is 526 g/mol. The fourth-order valence-electron chi connectivity index (χ4n) is 4.23. The van der Waals surface area contributed by atoms with Crippen LogP contribution in [0.1, 0.15) is 27.8 Å². The van der Waals surface area contributed by atoms with E-state index in [4.69, 9.17) is 0 Å². The second-order valence-corrected chi connectivity index (χ2v) is 18.5. The number of benzene rings is 3. The summed E-state index contributed by atoms with van der Waals surface area (Å²) in [7, 11) is 0. The third kappa shape index (κ3) is 6.31. The molecule has 0 fully saturated rings. The van der Waals surface area contributed by atoms with Crippen molar-refractivity contribution in [3.63, 3.8) is 0 Å². The minimum Gasteiger partial charge on any atom is -0.196 e. The van der Waals surface area contributed by atoms with E-state index in [9.17, 15) is 0 Å². The number of fused-ring (bicyclic) bond motifs is 2. The molecule has 33 heavy (non-hydrogen) atoms. The van der Waals surface area contributed by atoms with Gasteiger partial charge in [0.1, 0.15) is 0 Å². The first-order valence-corrected chi connectivity index (χ1v) is 17.7. The van der Waals surface area contributed by atoms with Gasteiger partial charge in [0, 0.05) is 0 Å². The fourth-order valence-corrected chi connectivity index (χ4v) is 4.23. The quantitative estimate of drug-likeness (QED) is 0.151. The molecule has 0 aliphatic heterocycles. The zero-order chi connectivity index (χ0) is 24.1. The maximum Gasteiger partial charge on any atom is -0.0370 e. The van der Waals surface area contributed by atoms with Crippen molar-refractivity contribution >= 4 is 27.0 Å². The summed E-state index contributed by atoms with van der Waals surface area (Å²) in [4.78, 5) is 0. The predicted octanol–water partition coefficient (Wildman–Crippen LogP) is 9.11. The van der Waals surface area contributed by atoms with Gasteiger partial charge in [-0.15, -0.1) is 34.0 Å². The second-order valence-electron chi connectivity index (χ2n) is 9.12. The van der Waals surface area contributed by atoms with Gasteiger partial charge < -0.3 is 0 Å². The smallest absolute Gasteiger partial charge is 0.0370 e. The Labute approximate surface area is 214 Å². The minimum absolute atomic E-state index is 0.210. The topological polar surface area (TPSA) is 0 Å². The Balaban J connectivity index is 0.000000197. The van der Waals surface area contributed by atoms with Crippen molar-refractivity contribution in [2.75, 3.05) is 0 Å². The van der Waals surface area contributed by atoms with Gasteiger partial charge in [0.25, 0.3) is 0 Å². The maximum atomic E-state index is 2.32. The second kappa shape index (κ2) is 11.4. The van der Waals surface area contributed by atoms with Crippen LogP contribution in [-0.2, 0) is 23.3 Å². The molecule has 0 aliphatic rings. The van der Waals surface area contributed by atoms with Crippen LogP contribution in [0, 0.1) is 34.6 Å². The summed E-state index contributed by atoms with van der Waals surface area (Å²) in [6.07, 6.45) is 0. The predicted molar refractivity (Wildman–Crippen MR) is 146 cm³/mol. The maximum absolute atomic E-state index is 2.32. The molecule has 2 heteroatoms. The minimum atomic E-state index is 0.210. The molecule has 0 nitrogen and oxygen atoms in total. The number of hydrogen-bond donors (Lipinski definition) is 0. The van der Waals surface area contributed by atoms with E-state index in [1.807, 2.05) is 0 Å². The van der Waals surface area contributed by atoms with E-state index in [1.54, 1.807) is 23.3 Å². The molecule has 0 unspecified atom stereocenters. The van der Waals surface area contributed by atoms with Crippen LogP contribution in [0.2, 0.25) is 13.1 Å². The number of hydrogen-bond acceptors (Lipinski definition) is 0. The molecule has 0 radical (unpaired) electrons. The first-order chi connectivity index (χ1) is 15.7. The molecule has 0 bridgehead atoms. The number of aryl methyl sites for hydroxylation is 3. The Bertz CT molecular complexity index is 1360. The average Bonchev–Trinajstić information content (AvgIpc) is 3.21. The van der Waals surface area contributed by atoms with Crippen molar-refractivity contribution in [2.24, 2.45) is 0 Å². The van der Waals surface area contributed by atoms with Crippen LogP contribution in [0.25, 0.3) is 32.7 Å². The Kier molecular flexibility index (Phi) is 8.85. The zero-order valence-corrected chi connectivity index (χ0v) is 24.5. The molecule has 0 heterocycles. The summed E-state index contributed by atoms with van der Waals surface area (Å²) in [6.45, 7) is 15.5.